The van der Waals surface area contributed by atoms with Gasteiger partial charge in [0.15, 0.2) is 0 Å². The van der Waals surface area contributed by atoms with E-state index in [1.165, 1.54) is 22.3 Å². The SMILES string of the molecule is C=CC1c2cc([B]OCN)ccc2-c2ccc(N[B]OC)cc21. The van der Waals surface area contributed by atoms with E-state index in [1.54, 1.807) is 22.2 Å². The van der Waals surface area contributed by atoms with Crippen molar-refractivity contribution in [3.63, 3.8) is 0 Å². The van der Waals surface area contributed by atoms with Crippen molar-refractivity contribution in [3.8, 4) is 11.1 Å². The van der Waals surface area contributed by atoms with Gasteiger partial charge in [0.1, 0.15) is 0 Å². The number of nitrogens with one attached hydrogen (secondary N) is 1. The first-order chi connectivity index (χ1) is 11.3. The van der Waals surface area contributed by atoms with Gasteiger partial charge in [-0.15, -0.1) is 6.58 Å². The molecule has 4 nitrogen and oxygen atoms in total. The lowest BCUT2D eigenvalue weighted by atomic mass is 9.84. The molecule has 2 radical (unpaired) electrons. The van der Waals surface area contributed by atoms with Crippen LogP contribution in [0.2, 0.25) is 0 Å². The molecule has 0 heterocycles. The molecule has 0 bridgehead atoms. The van der Waals surface area contributed by atoms with Crippen LogP contribution in [0.15, 0.2) is 49.1 Å². The first-order valence-corrected chi connectivity index (χ1v) is 7.45. The van der Waals surface area contributed by atoms with Crippen LogP contribution in [0.25, 0.3) is 11.1 Å². The molecule has 1 aliphatic carbocycles. The Balaban J connectivity index is 1.97. The smallest absolute Gasteiger partial charge is 0.422 e. The first-order valence-electron chi connectivity index (χ1n) is 7.45. The normalized spacial score (nSPS) is 14.8. The van der Waals surface area contributed by atoms with E-state index in [2.05, 4.69) is 36.1 Å². The van der Waals surface area contributed by atoms with E-state index in [0.717, 1.165) is 11.2 Å². The average molecular weight is 304 g/mol. The topological polar surface area (TPSA) is 56.5 Å². The van der Waals surface area contributed by atoms with E-state index < -0.39 is 0 Å². The van der Waals surface area contributed by atoms with Crippen molar-refractivity contribution in [2.45, 2.75) is 5.92 Å². The number of allylic oxidation sites excluding steroid dienone is 1. The van der Waals surface area contributed by atoms with Crippen LogP contribution in [0, 0.1) is 0 Å². The maximum absolute atomic E-state index is 5.38. The molecule has 1 atom stereocenters. The second kappa shape index (κ2) is 7.04. The number of hydrogen-bond acceptors (Lipinski definition) is 4. The van der Waals surface area contributed by atoms with E-state index in [-0.39, 0.29) is 12.6 Å². The average Bonchev–Trinajstić information content (AvgIpc) is 2.90. The fourth-order valence-electron chi connectivity index (χ4n) is 3.00. The van der Waals surface area contributed by atoms with E-state index >= 15 is 0 Å². The van der Waals surface area contributed by atoms with Gasteiger partial charge >= 0.3 is 15.1 Å². The van der Waals surface area contributed by atoms with Crippen molar-refractivity contribution in [2.24, 2.45) is 5.73 Å². The Labute approximate surface area is 138 Å². The summed E-state index contributed by atoms with van der Waals surface area (Å²) in [6, 6.07) is 12.6. The monoisotopic (exact) mass is 304 g/mol. The summed E-state index contributed by atoms with van der Waals surface area (Å²) in [5.41, 5.74) is 12.3. The van der Waals surface area contributed by atoms with Crippen LogP contribution in [0.5, 0.6) is 0 Å². The number of fused-ring (bicyclic) bond motifs is 3. The summed E-state index contributed by atoms with van der Waals surface area (Å²) in [7, 11) is 4.86. The Morgan fingerprint density at radius 1 is 1.22 bits per heavy atom. The van der Waals surface area contributed by atoms with Crippen molar-refractivity contribution in [1.82, 2.24) is 0 Å². The van der Waals surface area contributed by atoms with Crippen LogP contribution in [-0.4, -0.2) is 28.9 Å². The highest BCUT2D eigenvalue weighted by molar-refractivity contribution is 6.47. The van der Waals surface area contributed by atoms with Crippen molar-refractivity contribution in [1.29, 1.82) is 0 Å². The van der Waals surface area contributed by atoms with E-state index in [4.69, 9.17) is 15.0 Å². The number of nitrogens with two attached hydrogens (primary N) is 1. The summed E-state index contributed by atoms with van der Waals surface area (Å²) in [4.78, 5) is 0. The van der Waals surface area contributed by atoms with Gasteiger partial charge in [0.2, 0.25) is 0 Å². The summed E-state index contributed by atoms with van der Waals surface area (Å²) in [5.74, 6) is 0.163. The molecule has 0 saturated heterocycles. The number of rotatable bonds is 7. The fraction of sp³-hybridized carbons (Fsp3) is 0.176. The second-order valence-electron chi connectivity index (χ2n) is 5.31. The van der Waals surface area contributed by atoms with E-state index in [1.807, 2.05) is 18.2 Å². The molecule has 114 valence electrons. The van der Waals surface area contributed by atoms with Crippen LogP contribution >= 0.6 is 0 Å². The summed E-state index contributed by atoms with van der Waals surface area (Å²) in [6.07, 6.45) is 1.97. The molecule has 0 aliphatic heterocycles. The molecule has 0 spiro atoms. The van der Waals surface area contributed by atoms with Crippen molar-refractivity contribution in [2.75, 3.05) is 19.1 Å². The molecule has 1 aliphatic rings. The number of benzene rings is 2. The largest absolute Gasteiger partial charge is 0.435 e. The summed E-state index contributed by atoms with van der Waals surface area (Å²) >= 11 is 0. The molecule has 3 rings (SSSR count). The van der Waals surface area contributed by atoms with Gasteiger partial charge in [0.05, 0.1) is 6.73 Å². The Morgan fingerprint density at radius 3 is 2.65 bits per heavy atom. The molecular formula is C17H18B2N2O2. The van der Waals surface area contributed by atoms with Gasteiger partial charge in [-0.1, -0.05) is 35.8 Å². The third-order valence-corrected chi connectivity index (χ3v) is 3.98. The van der Waals surface area contributed by atoms with Gasteiger partial charge in [0, 0.05) is 18.7 Å². The highest BCUT2D eigenvalue weighted by Crippen LogP contribution is 2.45. The Kier molecular flexibility index (Phi) is 4.86. The van der Waals surface area contributed by atoms with Gasteiger partial charge in [-0.25, -0.2) is 0 Å². The highest BCUT2D eigenvalue weighted by Gasteiger charge is 2.27. The molecule has 6 heteroatoms. The van der Waals surface area contributed by atoms with Crippen LogP contribution < -0.4 is 16.4 Å². The van der Waals surface area contributed by atoms with Crippen molar-refractivity contribution in [3.05, 3.63) is 60.2 Å². The highest BCUT2D eigenvalue weighted by atomic mass is 16.4. The predicted molar refractivity (Wildman–Crippen MR) is 95.8 cm³/mol. The van der Waals surface area contributed by atoms with Crippen LogP contribution in [0.4, 0.5) is 5.69 Å². The standard InChI is InChI=1S/C17H18B2N2O2/c1-3-13-16-8-11(18-23-10-20)4-6-14(16)15-7-5-12(9-17(13)15)21-19-22-2/h3-9,13,21H,1,10,20H2,2H3. The lowest BCUT2D eigenvalue weighted by Gasteiger charge is -2.11. The summed E-state index contributed by atoms with van der Waals surface area (Å²) in [5, 5.41) is 3.11. The third-order valence-electron chi connectivity index (χ3n) is 3.98. The first kappa shape index (κ1) is 15.9. The number of anilines is 1. The molecule has 2 aromatic rings. The van der Waals surface area contributed by atoms with Crippen LogP contribution in [0.1, 0.15) is 17.0 Å². The quantitative estimate of drug-likeness (QED) is 0.465. The van der Waals surface area contributed by atoms with Gasteiger partial charge in [-0.05, 0) is 34.4 Å². The zero-order chi connectivity index (χ0) is 16.2. The maximum atomic E-state index is 5.38. The summed E-state index contributed by atoms with van der Waals surface area (Å²) < 4.78 is 10.1. The van der Waals surface area contributed by atoms with Gasteiger partial charge in [-0.2, -0.15) is 0 Å². The lowest BCUT2D eigenvalue weighted by Crippen LogP contribution is -2.21. The molecule has 23 heavy (non-hydrogen) atoms. The molecular weight excluding hydrogens is 286 g/mol. The van der Waals surface area contributed by atoms with Gasteiger partial charge in [0.25, 0.3) is 0 Å². The van der Waals surface area contributed by atoms with Gasteiger partial charge in [-0.3, -0.25) is 0 Å². The third kappa shape index (κ3) is 3.06. The molecule has 0 aromatic heterocycles. The molecule has 0 fully saturated rings. The van der Waals surface area contributed by atoms with E-state index in [9.17, 15) is 0 Å². The van der Waals surface area contributed by atoms with Crippen molar-refractivity contribution < 1.29 is 9.31 Å². The minimum atomic E-state index is 0.163. The van der Waals surface area contributed by atoms with Crippen molar-refractivity contribution >= 4 is 26.2 Å². The van der Waals surface area contributed by atoms with Crippen LogP contribution in [0.3, 0.4) is 0 Å². The minimum Gasteiger partial charge on any atom is -0.422 e. The Hall–Kier alpha value is -2.01. The lowest BCUT2D eigenvalue weighted by molar-refractivity contribution is 0.355. The summed E-state index contributed by atoms with van der Waals surface area (Å²) in [6.45, 7) is 4.18. The maximum Gasteiger partial charge on any atom is 0.435 e. The van der Waals surface area contributed by atoms with Crippen LogP contribution in [-0.2, 0) is 9.31 Å². The zero-order valence-corrected chi connectivity index (χ0v) is 13.1. The van der Waals surface area contributed by atoms with Gasteiger partial charge < -0.3 is 20.3 Å². The minimum absolute atomic E-state index is 0.163. The Morgan fingerprint density at radius 2 is 1.96 bits per heavy atom. The second-order valence-corrected chi connectivity index (χ2v) is 5.31. The Bertz CT molecular complexity index is 664. The molecule has 0 saturated carbocycles. The molecule has 3 N–H and O–H groups in total. The number of hydrogen-bond donors (Lipinski definition) is 2. The predicted octanol–water partition coefficient (Wildman–Crippen LogP) is 1.75. The fourth-order valence-corrected chi connectivity index (χ4v) is 3.00. The van der Waals surface area contributed by atoms with E-state index in [0.29, 0.717) is 0 Å². The molecule has 2 aromatic carbocycles. The zero-order valence-electron chi connectivity index (χ0n) is 13.1. The molecule has 1 unspecified atom stereocenters. The molecule has 0 amide bonds.